The van der Waals surface area contributed by atoms with E-state index in [1.807, 2.05) is 32.0 Å². The van der Waals surface area contributed by atoms with Crippen LogP contribution in [0, 0.1) is 25.5 Å². The highest BCUT2D eigenvalue weighted by molar-refractivity contribution is 6.04. The molecule has 6 heteroatoms. The highest BCUT2D eigenvalue weighted by Gasteiger charge is 2.10. The Morgan fingerprint density at radius 2 is 1.62 bits per heavy atom. The zero-order chi connectivity index (χ0) is 18.7. The van der Waals surface area contributed by atoms with E-state index in [0.29, 0.717) is 11.3 Å². The Hall–Kier alpha value is -3.28. The zero-order valence-electron chi connectivity index (χ0n) is 14.3. The number of hydrogen-bond donors (Lipinski definition) is 2. The van der Waals surface area contributed by atoms with Crippen molar-refractivity contribution in [2.75, 3.05) is 10.6 Å². The molecular formula is C20H17F2N3O. The lowest BCUT2D eigenvalue weighted by molar-refractivity contribution is 0.102. The number of benzene rings is 2. The molecule has 3 rings (SSSR count). The molecule has 0 radical (unpaired) electrons. The van der Waals surface area contributed by atoms with Gasteiger partial charge in [-0.2, -0.15) is 0 Å². The maximum Gasteiger partial charge on any atom is 0.257 e. The lowest BCUT2D eigenvalue weighted by atomic mass is 10.1. The van der Waals surface area contributed by atoms with Gasteiger partial charge < -0.3 is 10.6 Å². The van der Waals surface area contributed by atoms with E-state index >= 15 is 0 Å². The lowest BCUT2D eigenvalue weighted by Gasteiger charge is -2.10. The van der Waals surface area contributed by atoms with Crippen LogP contribution < -0.4 is 10.6 Å². The summed E-state index contributed by atoms with van der Waals surface area (Å²) in [5.74, 6) is -2.46. The number of rotatable bonds is 4. The van der Waals surface area contributed by atoms with Crippen LogP contribution in [-0.4, -0.2) is 10.9 Å². The quantitative estimate of drug-likeness (QED) is 0.696. The minimum atomic E-state index is -1.02. The van der Waals surface area contributed by atoms with E-state index in [1.165, 1.54) is 17.8 Å². The number of aryl methyl sites for hydroxylation is 2. The van der Waals surface area contributed by atoms with Crippen molar-refractivity contribution < 1.29 is 13.6 Å². The van der Waals surface area contributed by atoms with Gasteiger partial charge in [-0.3, -0.25) is 9.78 Å². The summed E-state index contributed by atoms with van der Waals surface area (Å²) in [6.45, 7) is 4.05. The first-order valence-corrected chi connectivity index (χ1v) is 7.98. The Bertz CT molecular complexity index is 973. The van der Waals surface area contributed by atoms with Crippen LogP contribution in [0.25, 0.3) is 0 Å². The van der Waals surface area contributed by atoms with E-state index in [9.17, 15) is 13.6 Å². The van der Waals surface area contributed by atoms with Gasteiger partial charge in [-0.1, -0.05) is 6.07 Å². The molecule has 2 N–H and O–H groups in total. The summed E-state index contributed by atoms with van der Waals surface area (Å²) in [6, 6.07) is 10.8. The summed E-state index contributed by atoms with van der Waals surface area (Å²) in [5, 5.41) is 5.72. The minimum Gasteiger partial charge on any atom is -0.354 e. The monoisotopic (exact) mass is 353 g/mol. The van der Waals surface area contributed by atoms with Gasteiger partial charge in [0.1, 0.15) is 0 Å². The summed E-state index contributed by atoms with van der Waals surface area (Å²) in [5.41, 5.74) is 4.33. The second-order valence-corrected chi connectivity index (χ2v) is 5.97. The van der Waals surface area contributed by atoms with E-state index in [4.69, 9.17) is 0 Å². The summed E-state index contributed by atoms with van der Waals surface area (Å²) in [6.07, 6.45) is 3.00. The van der Waals surface area contributed by atoms with E-state index in [1.54, 1.807) is 12.3 Å². The van der Waals surface area contributed by atoms with E-state index in [2.05, 4.69) is 15.6 Å². The number of carbonyl (C=O) groups is 1. The number of nitrogens with zero attached hydrogens (tertiary/aromatic N) is 1. The molecule has 4 nitrogen and oxygen atoms in total. The number of aromatic nitrogens is 1. The van der Waals surface area contributed by atoms with Crippen molar-refractivity contribution in [1.29, 1.82) is 0 Å². The molecule has 3 aromatic rings. The molecule has 0 spiro atoms. The SMILES string of the molecule is Cc1ccc(Nc2cncc(C(=O)Nc3ccc(F)c(F)c3)c2)cc1C. The predicted octanol–water partition coefficient (Wildman–Crippen LogP) is 4.97. The fourth-order valence-corrected chi connectivity index (χ4v) is 2.40. The third-order valence-corrected chi connectivity index (χ3v) is 3.97. The topological polar surface area (TPSA) is 54.0 Å². The van der Waals surface area contributed by atoms with Crippen LogP contribution in [-0.2, 0) is 0 Å². The summed E-state index contributed by atoms with van der Waals surface area (Å²) < 4.78 is 26.2. The fourth-order valence-electron chi connectivity index (χ4n) is 2.40. The molecule has 1 amide bonds. The van der Waals surface area contributed by atoms with Crippen molar-refractivity contribution in [3.05, 3.63) is 83.2 Å². The van der Waals surface area contributed by atoms with Crippen LogP contribution in [0.3, 0.4) is 0 Å². The van der Waals surface area contributed by atoms with Gasteiger partial charge in [0.2, 0.25) is 0 Å². The molecule has 0 fully saturated rings. The van der Waals surface area contributed by atoms with Gasteiger partial charge in [0.15, 0.2) is 11.6 Å². The standard InChI is InChI=1S/C20H17F2N3O/c1-12-3-4-15(7-13(12)2)24-17-8-14(10-23-11-17)20(26)25-16-5-6-18(21)19(22)9-16/h3-11,24H,1-2H3,(H,25,26). The number of nitrogens with one attached hydrogen (secondary N) is 2. The number of carbonyl (C=O) groups excluding carboxylic acids is 1. The van der Waals surface area contributed by atoms with Gasteiger partial charge in [0, 0.05) is 23.6 Å². The Labute approximate surface area is 149 Å². The molecule has 26 heavy (non-hydrogen) atoms. The van der Waals surface area contributed by atoms with Crippen molar-refractivity contribution >= 4 is 23.0 Å². The van der Waals surface area contributed by atoms with Gasteiger partial charge in [-0.05, 0) is 55.3 Å². The summed E-state index contributed by atoms with van der Waals surface area (Å²) in [7, 11) is 0. The van der Waals surface area contributed by atoms with Crippen molar-refractivity contribution in [3.8, 4) is 0 Å². The van der Waals surface area contributed by atoms with Crippen LogP contribution in [0.5, 0.6) is 0 Å². The molecule has 1 heterocycles. The molecule has 0 aliphatic carbocycles. The zero-order valence-corrected chi connectivity index (χ0v) is 14.3. The maximum absolute atomic E-state index is 13.3. The first kappa shape index (κ1) is 17.5. The van der Waals surface area contributed by atoms with Gasteiger partial charge in [-0.25, -0.2) is 8.78 Å². The lowest BCUT2D eigenvalue weighted by Crippen LogP contribution is -2.12. The molecule has 2 aromatic carbocycles. The third kappa shape index (κ3) is 4.03. The smallest absolute Gasteiger partial charge is 0.257 e. The van der Waals surface area contributed by atoms with E-state index in [0.717, 1.165) is 23.4 Å². The second-order valence-electron chi connectivity index (χ2n) is 5.97. The van der Waals surface area contributed by atoms with Crippen LogP contribution >= 0.6 is 0 Å². The second kappa shape index (κ2) is 7.31. The van der Waals surface area contributed by atoms with Crippen molar-refractivity contribution in [2.24, 2.45) is 0 Å². The highest BCUT2D eigenvalue weighted by atomic mass is 19.2. The van der Waals surface area contributed by atoms with Gasteiger partial charge in [-0.15, -0.1) is 0 Å². The minimum absolute atomic E-state index is 0.168. The number of halogens is 2. The van der Waals surface area contributed by atoms with Crippen molar-refractivity contribution in [2.45, 2.75) is 13.8 Å². The van der Waals surface area contributed by atoms with E-state index < -0.39 is 17.5 Å². The summed E-state index contributed by atoms with van der Waals surface area (Å²) >= 11 is 0. The molecule has 0 saturated heterocycles. The number of hydrogen-bond acceptors (Lipinski definition) is 3. The van der Waals surface area contributed by atoms with Crippen LogP contribution in [0.2, 0.25) is 0 Å². The average molecular weight is 353 g/mol. The molecule has 1 aromatic heterocycles. The number of pyridine rings is 1. The Morgan fingerprint density at radius 1 is 0.846 bits per heavy atom. The Balaban J connectivity index is 1.76. The Morgan fingerprint density at radius 3 is 2.35 bits per heavy atom. The van der Waals surface area contributed by atoms with Crippen LogP contribution in [0.4, 0.5) is 25.8 Å². The fraction of sp³-hybridized carbons (Fsp3) is 0.100. The highest BCUT2D eigenvalue weighted by Crippen LogP contribution is 2.20. The van der Waals surface area contributed by atoms with Gasteiger partial charge in [0.05, 0.1) is 17.4 Å². The summed E-state index contributed by atoms with van der Waals surface area (Å²) in [4.78, 5) is 16.4. The molecular weight excluding hydrogens is 336 g/mol. The predicted molar refractivity (Wildman–Crippen MR) is 97.7 cm³/mol. The third-order valence-electron chi connectivity index (χ3n) is 3.97. The van der Waals surface area contributed by atoms with Crippen molar-refractivity contribution in [1.82, 2.24) is 4.98 Å². The largest absolute Gasteiger partial charge is 0.354 e. The molecule has 0 bridgehead atoms. The molecule has 0 aliphatic heterocycles. The molecule has 132 valence electrons. The molecule has 0 atom stereocenters. The maximum atomic E-state index is 13.3. The normalized spacial score (nSPS) is 10.5. The van der Waals surface area contributed by atoms with Crippen LogP contribution in [0.1, 0.15) is 21.5 Å². The molecule has 0 saturated carbocycles. The van der Waals surface area contributed by atoms with Gasteiger partial charge >= 0.3 is 0 Å². The van der Waals surface area contributed by atoms with Crippen molar-refractivity contribution in [3.63, 3.8) is 0 Å². The van der Waals surface area contributed by atoms with Crippen LogP contribution in [0.15, 0.2) is 54.9 Å². The van der Waals surface area contributed by atoms with Gasteiger partial charge in [0.25, 0.3) is 5.91 Å². The molecule has 0 unspecified atom stereocenters. The Kier molecular flexibility index (Phi) is 4.93. The first-order valence-electron chi connectivity index (χ1n) is 7.98. The van der Waals surface area contributed by atoms with E-state index in [-0.39, 0.29) is 5.69 Å². The number of amides is 1. The first-order chi connectivity index (χ1) is 12.4. The average Bonchev–Trinajstić information content (AvgIpc) is 2.61. The number of anilines is 3. The molecule has 0 aliphatic rings.